The molecular formula is C26H34N4O2. The monoisotopic (exact) mass is 434 g/mol. The molecule has 6 nitrogen and oxygen atoms in total. The first kappa shape index (κ1) is 22.4. The highest BCUT2D eigenvalue weighted by molar-refractivity contribution is 5.93. The number of nitrogens with zero attached hydrogens (tertiary/aromatic N) is 2. The summed E-state index contributed by atoms with van der Waals surface area (Å²) in [5.41, 5.74) is 3.60. The minimum absolute atomic E-state index is 0.0584. The summed E-state index contributed by atoms with van der Waals surface area (Å²) in [5.74, 6) is 0.960. The molecule has 170 valence electrons. The van der Waals surface area contributed by atoms with Crippen LogP contribution in [0.2, 0.25) is 0 Å². The number of aromatic nitrogens is 2. The number of aryl methyl sites for hydroxylation is 3. The van der Waals surface area contributed by atoms with Crippen molar-refractivity contribution in [2.45, 2.75) is 71.3 Å². The van der Waals surface area contributed by atoms with E-state index < -0.39 is 0 Å². The van der Waals surface area contributed by atoms with Gasteiger partial charge in [0.25, 0.3) is 11.8 Å². The standard InChI is InChI=1S/C26H34N4O2/c1-17-12-19(3)29-23(13-17)25(32)30-26-10-5-7-20(15-26)14-21(16-26)9-11-27-24(31)22-8-4-6-18(2)28-22/h4,6,8,12-13,20-21H,5,7,9-11,14-16H2,1-3H3,(H,27,31)(H,30,32). The van der Waals surface area contributed by atoms with Crippen molar-refractivity contribution in [2.24, 2.45) is 11.8 Å². The fourth-order valence-corrected chi connectivity index (χ4v) is 5.78. The maximum Gasteiger partial charge on any atom is 0.270 e. The number of amides is 2. The Balaban J connectivity index is 1.37. The summed E-state index contributed by atoms with van der Waals surface area (Å²) in [6.07, 6.45) is 7.54. The van der Waals surface area contributed by atoms with Crippen LogP contribution in [0.15, 0.2) is 30.3 Å². The maximum absolute atomic E-state index is 13.1. The van der Waals surface area contributed by atoms with Crippen molar-refractivity contribution in [2.75, 3.05) is 6.54 Å². The lowest BCUT2D eigenvalue weighted by atomic mass is 9.63. The van der Waals surface area contributed by atoms with Gasteiger partial charge in [-0.05, 0) is 94.5 Å². The van der Waals surface area contributed by atoms with Gasteiger partial charge in [0, 0.05) is 23.5 Å². The number of carbonyl (C=O) groups is 2. The highest BCUT2D eigenvalue weighted by Crippen LogP contribution is 2.46. The van der Waals surface area contributed by atoms with E-state index in [4.69, 9.17) is 0 Å². The van der Waals surface area contributed by atoms with E-state index in [1.165, 1.54) is 12.8 Å². The van der Waals surface area contributed by atoms with E-state index in [-0.39, 0.29) is 17.4 Å². The summed E-state index contributed by atoms with van der Waals surface area (Å²) in [7, 11) is 0. The quantitative estimate of drug-likeness (QED) is 0.710. The zero-order valence-electron chi connectivity index (χ0n) is 19.4. The van der Waals surface area contributed by atoms with Crippen LogP contribution in [0.25, 0.3) is 0 Å². The van der Waals surface area contributed by atoms with Gasteiger partial charge in [-0.25, -0.2) is 9.97 Å². The molecule has 2 aromatic rings. The summed E-state index contributed by atoms with van der Waals surface area (Å²) in [5, 5.41) is 6.43. The van der Waals surface area contributed by atoms with Gasteiger partial charge in [0.15, 0.2) is 0 Å². The zero-order valence-corrected chi connectivity index (χ0v) is 19.4. The second-order valence-corrected chi connectivity index (χ2v) is 9.88. The highest BCUT2D eigenvalue weighted by Gasteiger charge is 2.44. The Morgan fingerprint density at radius 3 is 2.62 bits per heavy atom. The molecule has 0 saturated heterocycles. The molecule has 0 spiro atoms. The van der Waals surface area contributed by atoms with Crippen LogP contribution >= 0.6 is 0 Å². The molecule has 2 N–H and O–H groups in total. The molecule has 2 saturated carbocycles. The SMILES string of the molecule is Cc1cc(C)nc(C(=O)NC23CCCC(CC(CCNC(=O)c4cccc(C)n4)C2)C3)c1. The van der Waals surface area contributed by atoms with Crippen molar-refractivity contribution in [3.8, 4) is 0 Å². The molecule has 3 unspecified atom stereocenters. The number of fused-ring (bicyclic) bond motifs is 2. The minimum Gasteiger partial charge on any atom is -0.351 e. The van der Waals surface area contributed by atoms with Crippen molar-refractivity contribution in [1.82, 2.24) is 20.6 Å². The van der Waals surface area contributed by atoms with Gasteiger partial charge in [-0.3, -0.25) is 9.59 Å². The number of nitrogens with one attached hydrogen (secondary N) is 2. The van der Waals surface area contributed by atoms with Crippen LogP contribution < -0.4 is 10.6 Å². The van der Waals surface area contributed by atoms with E-state index in [1.54, 1.807) is 6.07 Å². The third-order valence-electron chi connectivity index (χ3n) is 6.96. The zero-order chi connectivity index (χ0) is 22.7. The topological polar surface area (TPSA) is 84.0 Å². The molecule has 32 heavy (non-hydrogen) atoms. The Morgan fingerprint density at radius 2 is 1.84 bits per heavy atom. The molecule has 6 heteroatoms. The molecule has 2 amide bonds. The Hall–Kier alpha value is -2.76. The Labute approximate surface area is 190 Å². The van der Waals surface area contributed by atoms with Gasteiger partial charge in [-0.1, -0.05) is 18.9 Å². The van der Waals surface area contributed by atoms with Crippen molar-refractivity contribution in [3.63, 3.8) is 0 Å². The van der Waals surface area contributed by atoms with Crippen molar-refractivity contribution in [3.05, 3.63) is 58.7 Å². The molecule has 3 atom stereocenters. The third kappa shape index (κ3) is 5.34. The fraction of sp³-hybridized carbons (Fsp3) is 0.538. The molecule has 0 aromatic carbocycles. The molecule has 2 fully saturated rings. The average Bonchev–Trinajstić information content (AvgIpc) is 2.72. The summed E-state index contributed by atoms with van der Waals surface area (Å²) in [6.45, 7) is 6.45. The third-order valence-corrected chi connectivity index (χ3v) is 6.96. The smallest absolute Gasteiger partial charge is 0.270 e. The summed E-state index contributed by atoms with van der Waals surface area (Å²) < 4.78 is 0. The fourth-order valence-electron chi connectivity index (χ4n) is 5.78. The van der Waals surface area contributed by atoms with Crippen molar-refractivity contribution >= 4 is 11.8 Å². The molecule has 2 bridgehead atoms. The van der Waals surface area contributed by atoms with Gasteiger partial charge in [0.2, 0.25) is 0 Å². The summed E-state index contributed by atoms with van der Waals surface area (Å²) in [6, 6.07) is 9.35. The maximum atomic E-state index is 13.1. The normalized spacial score (nSPS) is 24.6. The second-order valence-electron chi connectivity index (χ2n) is 9.88. The van der Waals surface area contributed by atoms with Crippen LogP contribution in [0.1, 0.15) is 82.9 Å². The lowest BCUT2D eigenvalue weighted by Gasteiger charge is -2.49. The van der Waals surface area contributed by atoms with E-state index in [0.29, 0.717) is 29.8 Å². The van der Waals surface area contributed by atoms with Crippen LogP contribution in [-0.4, -0.2) is 33.9 Å². The first-order chi connectivity index (χ1) is 15.3. The van der Waals surface area contributed by atoms with Gasteiger partial charge in [-0.2, -0.15) is 0 Å². The number of hydrogen-bond acceptors (Lipinski definition) is 4. The van der Waals surface area contributed by atoms with E-state index in [2.05, 4.69) is 20.6 Å². The van der Waals surface area contributed by atoms with E-state index >= 15 is 0 Å². The molecule has 4 rings (SSSR count). The first-order valence-corrected chi connectivity index (χ1v) is 11.8. The van der Waals surface area contributed by atoms with E-state index in [0.717, 1.165) is 49.1 Å². The number of pyridine rings is 2. The van der Waals surface area contributed by atoms with Crippen LogP contribution in [0.5, 0.6) is 0 Å². The Bertz CT molecular complexity index is 985. The minimum atomic E-state index is -0.148. The highest BCUT2D eigenvalue weighted by atomic mass is 16.2. The van der Waals surface area contributed by atoms with Gasteiger partial charge < -0.3 is 10.6 Å². The molecule has 2 aliphatic rings. The lowest BCUT2D eigenvalue weighted by molar-refractivity contribution is 0.0585. The number of rotatable bonds is 6. The number of carbonyl (C=O) groups excluding carboxylic acids is 2. The molecule has 0 aliphatic heterocycles. The van der Waals surface area contributed by atoms with E-state index in [9.17, 15) is 9.59 Å². The van der Waals surface area contributed by atoms with Crippen LogP contribution in [-0.2, 0) is 0 Å². The van der Waals surface area contributed by atoms with Gasteiger partial charge in [-0.15, -0.1) is 0 Å². The predicted molar refractivity (Wildman–Crippen MR) is 125 cm³/mol. The lowest BCUT2D eigenvalue weighted by Crippen LogP contribution is -2.55. The van der Waals surface area contributed by atoms with Crippen LogP contribution in [0.3, 0.4) is 0 Å². The number of hydrogen-bond donors (Lipinski definition) is 2. The second kappa shape index (κ2) is 9.39. The predicted octanol–water partition coefficient (Wildman–Crippen LogP) is 4.29. The Kier molecular flexibility index (Phi) is 6.58. The van der Waals surface area contributed by atoms with Gasteiger partial charge in [0.1, 0.15) is 11.4 Å². The molecule has 0 radical (unpaired) electrons. The molecule has 2 heterocycles. The van der Waals surface area contributed by atoms with Crippen molar-refractivity contribution < 1.29 is 9.59 Å². The van der Waals surface area contributed by atoms with Crippen molar-refractivity contribution in [1.29, 1.82) is 0 Å². The van der Waals surface area contributed by atoms with Gasteiger partial charge in [0.05, 0.1) is 0 Å². The van der Waals surface area contributed by atoms with E-state index in [1.807, 2.05) is 45.0 Å². The van der Waals surface area contributed by atoms with Crippen LogP contribution in [0.4, 0.5) is 0 Å². The Morgan fingerprint density at radius 1 is 1.03 bits per heavy atom. The largest absolute Gasteiger partial charge is 0.351 e. The molecular weight excluding hydrogens is 400 g/mol. The van der Waals surface area contributed by atoms with Gasteiger partial charge >= 0.3 is 0 Å². The molecule has 2 aliphatic carbocycles. The first-order valence-electron chi connectivity index (χ1n) is 11.8. The summed E-state index contributed by atoms with van der Waals surface area (Å²) in [4.78, 5) is 34.3. The molecule has 2 aromatic heterocycles. The van der Waals surface area contributed by atoms with Crippen LogP contribution in [0, 0.1) is 32.6 Å². The summed E-state index contributed by atoms with van der Waals surface area (Å²) >= 11 is 0. The average molecular weight is 435 g/mol.